The van der Waals surface area contributed by atoms with Crippen LogP contribution in [0, 0.1) is 0 Å². The Morgan fingerprint density at radius 1 is 0.643 bits per heavy atom. The van der Waals surface area contributed by atoms with E-state index in [4.69, 9.17) is 0 Å². The molecule has 0 bridgehead atoms. The first-order valence-corrected chi connectivity index (χ1v) is 4.53. The van der Waals surface area contributed by atoms with Crippen molar-refractivity contribution in [3.05, 3.63) is 50.6 Å². The zero-order valence-electron chi connectivity index (χ0n) is 9.12. The monoisotopic (exact) mass is 256 g/mol. The molecule has 0 fully saturated rings. The molecule has 0 aliphatic heterocycles. The van der Waals surface area contributed by atoms with Crippen molar-refractivity contribution in [3.63, 3.8) is 0 Å². The molecule has 14 heavy (non-hydrogen) atoms. The van der Waals surface area contributed by atoms with Crippen LogP contribution in [0.3, 0.4) is 0 Å². The van der Waals surface area contributed by atoms with E-state index in [2.05, 4.69) is 26.3 Å². The van der Waals surface area contributed by atoms with E-state index in [0.717, 1.165) is 30.7 Å². The van der Waals surface area contributed by atoms with Gasteiger partial charge in [0.25, 0.3) is 0 Å². The van der Waals surface area contributed by atoms with Crippen LogP contribution < -0.4 is 0 Å². The van der Waals surface area contributed by atoms with Gasteiger partial charge in [0.2, 0.25) is 0 Å². The first kappa shape index (κ1) is 15.9. The molecule has 0 saturated carbocycles. The molecular formula is C12H23AsN+. The van der Waals surface area contributed by atoms with E-state index < -0.39 is 0 Å². The Hall–Kier alpha value is -0.522. The summed E-state index contributed by atoms with van der Waals surface area (Å²) >= 11 is 0. The summed E-state index contributed by atoms with van der Waals surface area (Å²) in [6, 6.07) is 0. The van der Waals surface area contributed by atoms with Crippen LogP contribution in [0.15, 0.2) is 50.6 Å². The van der Waals surface area contributed by atoms with E-state index in [1.165, 1.54) is 0 Å². The van der Waals surface area contributed by atoms with Crippen molar-refractivity contribution in [2.45, 2.75) is 0 Å². The molecule has 0 rings (SSSR count). The molecule has 0 aliphatic rings. The van der Waals surface area contributed by atoms with Gasteiger partial charge in [-0.05, 0) is 24.3 Å². The number of quaternary nitrogens is 1. The maximum absolute atomic E-state index is 3.77. The average molecular weight is 256 g/mol. The summed E-state index contributed by atoms with van der Waals surface area (Å²) < 4.78 is 0.903. The predicted molar refractivity (Wildman–Crippen MR) is 70.5 cm³/mol. The Balaban J connectivity index is 0. The Labute approximate surface area is 99.4 Å². The summed E-state index contributed by atoms with van der Waals surface area (Å²) in [5.41, 5.74) is 0. The van der Waals surface area contributed by atoms with Gasteiger partial charge in [0.05, 0.1) is 26.2 Å². The molecule has 0 aromatic heterocycles. The number of rotatable bonds is 8. The van der Waals surface area contributed by atoms with Crippen molar-refractivity contribution in [2.75, 3.05) is 26.2 Å². The third-order valence-corrected chi connectivity index (χ3v) is 2.07. The third-order valence-electron chi connectivity index (χ3n) is 2.07. The fraction of sp³-hybridized carbons (Fsp3) is 0.333. The molecule has 0 N–H and O–H groups in total. The predicted octanol–water partition coefficient (Wildman–Crippen LogP) is 1.36. The van der Waals surface area contributed by atoms with Crippen molar-refractivity contribution in [3.8, 4) is 0 Å². The topological polar surface area (TPSA) is 0 Å². The second-order valence-corrected chi connectivity index (χ2v) is 3.23. The minimum atomic E-state index is 0. The average Bonchev–Trinajstić information content (AvgIpc) is 2.06. The van der Waals surface area contributed by atoms with E-state index in [9.17, 15) is 0 Å². The third kappa shape index (κ3) is 5.26. The van der Waals surface area contributed by atoms with Crippen molar-refractivity contribution in [2.24, 2.45) is 0 Å². The van der Waals surface area contributed by atoms with E-state index in [1.54, 1.807) is 0 Å². The normalized spacial score (nSPS) is 9.71. The van der Waals surface area contributed by atoms with E-state index in [0.29, 0.717) is 0 Å². The molecule has 1 atom stereocenters. The van der Waals surface area contributed by atoms with Crippen LogP contribution in [0.1, 0.15) is 0 Å². The van der Waals surface area contributed by atoms with Gasteiger partial charge < -0.3 is 4.48 Å². The summed E-state index contributed by atoms with van der Waals surface area (Å²) in [6.45, 7) is 18.8. The molecule has 0 spiro atoms. The standard InChI is InChI=1S/C12H20N.AsH3/c1-5-9-13(10-6-2,11-7-3)12-8-4;/h5-8H,1-4,9-12H2;1H3/q+1;. The van der Waals surface area contributed by atoms with E-state index in [-0.39, 0.29) is 18.0 Å². The first-order chi connectivity index (χ1) is 6.24. The Morgan fingerprint density at radius 2 is 0.857 bits per heavy atom. The van der Waals surface area contributed by atoms with Gasteiger partial charge in [-0.1, -0.05) is 26.3 Å². The summed E-state index contributed by atoms with van der Waals surface area (Å²) in [7, 11) is 0. The molecule has 0 heterocycles. The van der Waals surface area contributed by atoms with E-state index in [1.807, 2.05) is 24.3 Å². The second kappa shape index (κ2) is 9.05. The number of hydrogen-bond donors (Lipinski definition) is 0. The van der Waals surface area contributed by atoms with Gasteiger partial charge in [0, 0.05) is 0 Å². The molecule has 0 aromatic rings. The van der Waals surface area contributed by atoms with Crippen molar-refractivity contribution in [1.82, 2.24) is 0 Å². The van der Waals surface area contributed by atoms with E-state index >= 15 is 0 Å². The van der Waals surface area contributed by atoms with Crippen LogP contribution in [-0.4, -0.2) is 48.6 Å². The van der Waals surface area contributed by atoms with Crippen LogP contribution in [-0.2, 0) is 0 Å². The van der Waals surface area contributed by atoms with Crippen LogP contribution in [0.2, 0.25) is 0 Å². The minimum absolute atomic E-state index is 0. The van der Waals surface area contributed by atoms with Crippen molar-refractivity contribution < 1.29 is 4.48 Å². The zero-order valence-corrected chi connectivity index (χ0v) is 12.1. The SMILES string of the molecule is C=CC[N+](CC=C)(CC=C)CC=C.[AsH3]. The molecule has 0 aliphatic carbocycles. The molecular weight excluding hydrogens is 233 g/mol. The summed E-state index contributed by atoms with van der Waals surface area (Å²) in [4.78, 5) is 0. The van der Waals surface area contributed by atoms with Crippen molar-refractivity contribution in [1.29, 1.82) is 0 Å². The van der Waals surface area contributed by atoms with Crippen LogP contribution in [0.25, 0.3) is 0 Å². The van der Waals surface area contributed by atoms with Crippen LogP contribution >= 0.6 is 0 Å². The van der Waals surface area contributed by atoms with Gasteiger partial charge in [-0.2, -0.15) is 0 Å². The van der Waals surface area contributed by atoms with Crippen molar-refractivity contribution >= 4 is 18.0 Å². The molecule has 0 amide bonds. The zero-order chi connectivity index (χ0) is 10.2. The second-order valence-electron chi connectivity index (χ2n) is 3.23. The first-order valence-electron chi connectivity index (χ1n) is 4.53. The molecule has 2 heteroatoms. The Morgan fingerprint density at radius 3 is 1.00 bits per heavy atom. The van der Waals surface area contributed by atoms with Crippen LogP contribution in [0.5, 0.6) is 0 Å². The van der Waals surface area contributed by atoms with Crippen LogP contribution in [0.4, 0.5) is 0 Å². The van der Waals surface area contributed by atoms with Gasteiger partial charge in [-0.15, -0.1) is 0 Å². The van der Waals surface area contributed by atoms with Gasteiger partial charge in [-0.25, -0.2) is 0 Å². The van der Waals surface area contributed by atoms with Gasteiger partial charge in [0.15, 0.2) is 0 Å². The van der Waals surface area contributed by atoms with Gasteiger partial charge in [0.1, 0.15) is 0 Å². The fourth-order valence-electron chi connectivity index (χ4n) is 1.54. The van der Waals surface area contributed by atoms with Gasteiger partial charge in [-0.3, -0.25) is 0 Å². The summed E-state index contributed by atoms with van der Waals surface area (Å²) in [6.07, 6.45) is 7.76. The maximum atomic E-state index is 3.77. The molecule has 1 nitrogen and oxygen atoms in total. The molecule has 0 aromatic carbocycles. The molecule has 0 radical (unpaired) electrons. The molecule has 0 saturated heterocycles. The molecule has 80 valence electrons. The summed E-state index contributed by atoms with van der Waals surface area (Å²) in [5, 5.41) is 0. The quantitative estimate of drug-likeness (QED) is 0.349. The number of nitrogens with zero attached hydrogens (tertiary/aromatic N) is 1. The van der Waals surface area contributed by atoms with Gasteiger partial charge >= 0.3 is 18.0 Å². The fourth-order valence-corrected chi connectivity index (χ4v) is 1.54. The molecule has 1 unspecified atom stereocenters. The Kier molecular flexibility index (Phi) is 10.3. The summed E-state index contributed by atoms with van der Waals surface area (Å²) in [5.74, 6) is 0. The Bertz CT molecular complexity index is 151. The number of hydrogen-bond acceptors (Lipinski definition) is 0.